The zero-order chi connectivity index (χ0) is 15.7. The molecule has 0 aliphatic carbocycles. The second-order valence-electron chi connectivity index (χ2n) is 6.31. The van der Waals surface area contributed by atoms with Gasteiger partial charge in [0.1, 0.15) is 0 Å². The Balaban J connectivity index is 2.33. The molecular formula is C16H21Cl2NO2. The number of nitrogens with one attached hydrogen (secondary N) is 1. The SMILES string of the molecule is COC(C)(C)CC1(C(=O)c2ccc(Cl)c(Cl)c2)CCNC1. The van der Waals surface area contributed by atoms with Crippen LogP contribution in [0.3, 0.4) is 0 Å². The van der Waals surface area contributed by atoms with Gasteiger partial charge in [-0.15, -0.1) is 0 Å². The van der Waals surface area contributed by atoms with Crippen molar-refractivity contribution in [3.63, 3.8) is 0 Å². The fourth-order valence-electron chi connectivity index (χ4n) is 3.00. The molecule has 0 radical (unpaired) electrons. The lowest BCUT2D eigenvalue weighted by molar-refractivity contribution is -0.0125. The minimum Gasteiger partial charge on any atom is -0.379 e. The Labute approximate surface area is 136 Å². The molecule has 116 valence electrons. The molecule has 0 spiro atoms. The van der Waals surface area contributed by atoms with Gasteiger partial charge in [0.2, 0.25) is 0 Å². The van der Waals surface area contributed by atoms with Crippen molar-refractivity contribution < 1.29 is 9.53 Å². The summed E-state index contributed by atoms with van der Waals surface area (Å²) in [5, 5.41) is 4.17. The monoisotopic (exact) mass is 329 g/mol. The summed E-state index contributed by atoms with van der Waals surface area (Å²) in [6.07, 6.45) is 1.47. The molecule has 1 fully saturated rings. The second kappa shape index (κ2) is 6.25. The first-order chi connectivity index (χ1) is 9.80. The van der Waals surface area contributed by atoms with Crippen LogP contribution in [0, 0.1) is 5.41 Å². The van der Waals surface area contributed by atoms with Crippen LogP contribution in [0.1, 0.15) is 37.0 Å². The highest BCUT2D eigenvalue weighted by atomic mass is 35.5. The fourth-order valence-corrected chi connectivity index (χ4v) is 3.30. The summed E-state index contributed by atoms with van der Waals surface area (Å²) in [7, 11) is 1.68. The van der Waals surface area contributed by atoms with E-state index in [9.17, 15) is 4.79 Å². The molecule has 0 aromatic heterocycles. The number of halogens is 2. The van der Waals surface area contributed by atoms with Gasteiger partial charge in [0, 0.05) is 19.2 Å². The van der Waals surface area contributed by atoms with E-state index >= 15 is 0 Å². The number of hydrogen-bond donors (Lipinski definition) is 1. The van der Waals surface area contributed by atoms with Crippen LogP contribution in [-0.4, -0.2) is 31.6 Å². The van der Waals surface area contributed by atoms with Crippen LogP contribution in [0.5, 0.6) is 0 Å². The van der Waals surface area contributed by atoms with Gasteiger partial charge in [0.15, 0.2) is 5.78 Å². The van der Waals surface area contributed by atoms with Crippen molar-refractivity contribution >= 4 is 29.0 Å². The second-order valence-corrected chi connectivity index (χ2v) is 7.12. The number of Topliss-reactive ketones (excluding diaryl/α,β-unsaturated/α-hetero) is 1. The molecule has 5 heteroatoms. The molecule has 1 unspecified atom stereocenters. The Hall–Kier alpha value is -0.610. The third-order valence-electron chi connectivity index (χ3n) is 4.22. The van der Waals surface area contributed by atoms with Crippen molar-refractivity contribution in [3.8, 4) is 0 Å². The summed E-state index contributed by atoms with van der Waals surface area (Å²) in [5.74, 6) is 0.108. The van der Waals surface area contributed by atoms with Crippen LogP contribution in [0.4, 0.5) is 0 Å². The van der Waals surface area contributed by atoms with Crippen LogP contribution < -0.4 is 5.32 Å². The Kier molecular flexibility index (Phi) is 4.99. The van der Waals surface area contributed by atoms with E-state index in [0.717, 1.165) is 13.0 Å². The van der Waals surface area contributed by atoms with Gasteiger partial charge in [0.25, 0.3) is 0 Å². The summed E-state index contributed by atoms with van der Waals surface area (Å²) in [6.45, 7) is 5.52. The van der Waals surface area contributed by atoms with Crippen LogP contribution in [0.15, 0.2) is 18.2 Å². The van der Waals surface area contributed by atoms with Crippen molar-refractivity contribution in [1.29, 1.82) is 0 Å². The highest BCUT2D eigenvalue weighted by Gasteiger charge is 2.45. The molecule has 1 aliphatic rings. The molecular weight excluding hydrogens is 309 g/mol. The topological polar surface area (TPSA) is 38.3 Å². The molecule has 1 heterocycles. The van der Waals surface area contributed by atoms with Crippen molar-refractivity contribution in [2.24, 2.45) is 5.41 Å². The molecule has 0 amide bonds. The standard InChI is InChI=1S/C16H21Cl2NO2/c1-15(2,21-3)9-16(6-7-19-10-16)14(20)11-4-5-12(17)13(18)8-11/h4-5,8,19H,6-7,9-10H2,1-3H3. The lowest BCUT2D eigenvalue weighted by atomic mass is 9.72. The fraction of sp³-hybridized carbons (Fsp3) is 0.562. The van der Waals surface area contributed by atoms with Crippen molar-refractivity contribution in [1.82, 2.24) is 5.32 Å². The van der Waals surface area contributed by atoms with Crippen molar-refractivity contribution in [3.05, 3.63) is 33.8 Å². The largest absolute Gasteiger partial charge is 0.379 e. The number of rotatable bonds is 5. The molecule has 1 atom stereocenters. The highest BCUT2D eigenvalue weighted by molar-refractivity contribution is 6.42. The summed E-state index contributed by atoms with van der Waals surface area (Å²) >= 11 is 12.0. The van der Waals surface area contributed by atoms with Gasteiger partial charge >= 0.3 is 0 Å². The first kappa shape index (κ1) is 16.8. The van der Waals surface area contributed by atoms with E-state index in [1.54, 1.807) is 25.3 Å². The number of carbonyl (C=O) groups is 1. The van der Waals surface area contributed by atoms with E-state index in [2.05, 4.69) is 5.32 Å². The average Bonchev–Trinajstić information content (AvgIpc) is 2.90. The molecule has 0 saturated carbocycles. The van der Waals surface area contributed by atoms with Gasteiger partial charge in [-0.1, -0.05) is 23.2 Å². The van der Waals surface area contributed by atoms with Gasteiger partial charge in [-0.3, -0.25) is 4.79 Å². The van der Waals surface area contributed by atoms with Gasteiger partial charge in [-0.05, 0) is 51.4 Å². The molecule has 2 rings (SSSR count). The highest BCUT2D eigenvalue weighted by Crippen LogP contribution is 2.39. The summed E-state index contributed by atoms with van der Waals surface area (Å²) in [4.78, 5) is 13.0. The molecule has 1 N–H and O–H groups in total. The molecule has 3 nitrogen and oxygen atoms in total. The third-order valence-corrected chi connectivity index (χ3v) is 4.96. The lowest BCUT2D eigenvalue weighted by Crippen LogP contribution is -2.41. The summed E-state index contributed by atoms with van der Waals surface area (Å²) in [6, 6.07) is 5.08. The predicted octanol–water partition coefficient (Wildman–Crippen LogP) is 3.97. The van der Waals surface area contributed by atoms with Crippen LogP contribution in [0.25, 0.3) is 0 Å². The minimum absolute atomic E-state index is 0.108. The first-order valence-corrected chi connectivity index (χ1v) is 7.81. The number of hydrogen-bond acceptors (Lipinski definition) is 3. The average molecular weight is 330 g/mol. The van der Waals surface area contributed by atoms with Crippen molar-refractivity contribution in [2.75, 3.05) is 20.2 Å². The van der Waals surface area contributed by atoms with Gasteiger partial charge in [-0.2, -0.15) is 0 Å². The van der Waals surface area contributed by atoms with E-state index in [1.165, 1.54) is 0 Å². The van der Waals surface area contributed by atoms with Gasteiger partial charge < -0.3 is 10.1 Å². The maximum Gasteiger partial charge on any atom is 0.170 e. The summed E-state index contributed by atoms with van der Waals surface area (Å²) < 4.78 is 5.53. The number of ether oxygens (including phenoxy) is 1. The molecule has 1 aliphatic heterocycles. The zero-order valence-corrected chi connectivity index (χ0v) is 14.1. The van der Waals surface area contributed by atoms with Crippen LogP contribution in [0.2, 0.25) is 10.0 Å². The predicted molar refractivity (Wildman–Crippen MR) is 86.4 cm³/mol. The smallest absolute Gasteiger partial charge is 0.170 e. The maximum atomic E-state index is 13.0. The number of benzene rings is 1. The van der Waals surface area contributed by atoms with E-state index in [-0.39, 0.29) is 11.4 Å². The van der Waals surface area contributed by atoms with Crippen LogP contribution in [-0.2, 0) is 4.74 Å². The molecule has 0 bridgehead atoms. The van der Waals surface area contributed by atoms with E-state index in [4.69, 9.17) is 27.9 Å². The van der Waals surface area contributed by atoms with Gasteiger partial charge in [0.05, 0.1) is 21.1 Å². The summed E-state index contributed by atoms with van der Waals surface area (Å²) in [5.41, 5.74) is -0.186. The molecule has 1 saturated heterocycles. The molecule has 21 heavy (non-hydrogen) atoms. The molecule has 1 aromatic rings. The Morgan fingerprint density at radius 1 is 1.38 bits per heavy atom. The number of carbonyl (C=O) groups excluding carboxylic acids is 1. The molecule has 1 aromatic carbocycles. The maximum absolute atomic E-state index is 13.0. The van der Waals surface area contributed by atoms with Gasteiger partial charge in [-0.25, -0.2) is 0 Å². The van der Waals surface area contributed by atoms with E-state index in [1.807, 2.05) is 13.8 Å². The van der Waals surface area contributed by atoms with Crippen LogP contribution >= 0.6 is 23.2 Å². The Morgan fingerprint density at radius 3 is 2.62 bits per heavy atom. The Morgan fingerprint density at radius 2 is 2.10 bits per heavy atom. The minimum atomic E-state index is -0.448. The zero-order valence-electron chi connectivity index (χ0n) is 12.6. The quantitative estimate of drug-likeness (QED) is 0.830. The number of methoxy groups -OCH3 is 1. The normalized spacial score (nSPS) is 22.5. The lowest BCUT2D eigenvalue weighted by Gasteiger charge is -2.35. The third kappa shape index (κ3) is 3.59. The number of ketones is 1. The Bertz CT molecular complexity index is 537. The first-order valence-electron chi connectivity index (χ1n) is 7.05. The van der Waals surface area contributed by atoms with E-state index in [0.29, 0.717) is 28.6 Å². The van der Waals surface area contributed by atoms with Crippen molar-refractivity contribution in [2.45, 2.75) is 32.3 Å². The van der Waals surface area contributed by atoms with E-state index < -0.39 is 5.41 Å².